The van der Waals surface area contributed by atoms with Gasteiger partial charge in [0.05, 0.1) is 30.8 Å². The number of rotatable bonds is 9. The molecule has 1 fully saturated rings. The average Bonchev–Trinajstić information content (AvgIpc) is 2.65. The number of carbonyl (C=O) groups is 1. The lowest BCUT2D eigenvalue weighted by molar-refractivity contribution is -0.123. The summed E-state index contributed by atoms with van der Waals surface area (Å²) in [6, 6.07) is 5.09. The average molecular weight is 414 g/mol. The van der Waals surface area contributed by atoms with Gasteiger partial charge < -0.3 is 14.8 Å². The molecule has 0 aromatic heterocycles. The predicted molar refractivity (Wildman–Crippen MR) is 107 cm³/mol. The number of nitrogens with zero attached hydrogens (tertiary/aromatic N) is 1. The SMILES string of the molecule is COc1ccc(S(=O)(=O)N[C@@H](C)C(=O)NCC2CN(CC(C)C)CCO2)cc1. The van der Waals surface area contributed by atoms with Crippen LogP contribution in [0.4, 0.5) is 0 Å². The van der Waals surface area contributed by atoms with Crippen molar-refractivity contribution >= 4 is 15.9 Å². The molecule has 0 radical (unpaired) electrons. The first-order valence-electron chi connectivity index (χ1n) is 9.49. The van der Waals surface area contributed by atoms with Crippen molar-refractivity contribution in [3.05, 3.63) is 24.3 Å². The third-order valence-electron chi connectivity index (χ3n) is 4.45. The molecule has 1 saturated heterocycles. The van der Waals surface area contributed by atoms with Gasteiger partial charge in [-0.05, 0) is 37.1 Å². The van der Waals surface area contributed by atoms with E-state index in [1.54, 1.807) is 12.1 Å². The van der Waals surface area contributed by atoms with Crippen molar-refractivity contribution in [2.45, 2.75) is 37.8 Å². The Morgan fingerprint density at radius 2 is 1.96 bits per heavy atom. The van der Waals surface area contributed by atoms with Gasteiger partial charge in [0.15, 0.2) is 0 Å². The Hall–Kier alpha value is -1.68. The van der Waals surface area contributed by atoms with E-state index in [9.17, 15) is 13.2 Å². The molecule has 1 aromatic carbocycles. The molecule has 1 amide bonds. The van der Waals surface area contributed by atoms with Gasteiger partial charge in [0.1, 0.15) is 5.75 Å². The largest absolute Gasteiger partial charge is 0.497 e. The highest BCUT2D eigenvalue weighted by Gasteiger charge is 2.25. The van der Waals surface area contributed by atoms with Gasteiger partial charge in [0, 0.05) is 26.2 Å². The fourth-order valence-corrected chi connectivity index (χ4v) is 4.27. The van der Waals surface area contributed by atoms with Crippen molar-refractivity contribution in [3.8, 4) is 5.75 Å². The minimum Gasteiger partial charge on any atom is -0.497 e. The van der Waals surface area contributed by atoms with Gasteiger partial charge in [-0.15, -0.1) is 0 Å². The third kappa shape index (κ3) is 6.73. The number of nitrogens with one attached hydrogen (secondary N) is 2. The first kappa shape index (κ1) is 22.6. The highest BCUT2D eigenvalue weighted by Crippen LogP contribution is 2.15. The minimum atomic E-state index is -3.80. The summed E-state index contributed by atoms with van der Waals surface area (Å²) in [6.45, 7) is 9.47. The Labute approximate surface area is 167 Å². The Morgan fingerprint density at radius 1 is 1.29 bits per heavy atom. The van der Waals surface area contributed by atoms with Gasteiger partial charge in [-0.25, -0.2) is 8.42 Å². The lowest BCUT2D eigenvalue weighted by Crippen LogP contribution is -2.51. The molecule has 28 heavy (non-hydrogen) atoms. The number of morpholine rings is 1. The number of amides is 1. The molecule has 0 aliphatic carbocycles. The Morgan fingerprint density at radius 3 is 2.57 bits per heavy atom. The van der Waals surface area contributed by atoms with Crippen molar-refractivity contribution in [3.63, 3.8) is 0 Å². The molecule has 1 heterocycles. The highest BCUT2D eigenvalue weighted by atomic mass is 32.2. The summed E-state index contributed by atoms with van der Waals surface area (Å²) in [6.07, 6.45) is -0.0955. The number of sulfonamides is 1. The number of methoxy groups -OCH3 is 1. The zero-order chi connectivity index (χ0) is 20.7. The lowest BCUT2D eigenvalue weighted by Gasteiger charge is -2.34. The summed E-state index contributed by atoms with van der Waals surface area (Å²) < 4.78 is 38.0. The molecule has 0 spiro atoms. The normalized spacial score (nSPS) is 19.4. The standard InChI is InChI=1S/C19H31N3O5S/c1-14(2)12-22-9-10-27-17(13-22)11-20-19(23)15(3)21-28(24,25)18-7-5-16(26-4)6-8-18/h5-8,14-15,17,21H,9-13H2,1-4H3,(H,20,23)/t15-,17?/m0/s1. The van der Waals surface area contributed by atoms with Crippen molar-refractivity contribution in [2.75, 3.05) is 39.9 Å². The van der Waals surface area contributed by atoms with Crippen LogP contribution in [0, 0.1) is 5.92 Å². The summed E-state index contributed by atoms with van der Waals surface area (Å²) in [5.74, 6) is 0.742. The van der Waals surface area contributed by atoms with E-state index in [0.717, 1.165) is 19.6 Å². The van der Waals surface area contributed by atoms with E-state index in [4.69, 9.17) is 9.47 Å². The fraction of sp³-hybridized carbons (Fsp3) is 0.632. The molecule has 8 nitrogen and oxygen atoms in total. The molecular weight excluding hydrogens is 382 g/mol. The van der Waals surface area contributed by atoms with E-state index in [1.807, 2.05) is 0 Å². The van der Waals surface area contributed by atoms with Crippen LogP contribution in [-0.4, -0.2) is 71.3 Å². The number of hydrogen-bond donors (Lipinski definition) is 2. The summed E-state index contributed by atoms with van der Waals surface area (Å²) in [7, 11) is -2.29. The molecule has 1 aromatic rings. The first-order chi connectivity index (χ1) is 13.2. The predicted octanol–water partition coefficient (Wildman–Crippen LogP) is 0.835. The molecule has 2 N–H and O–H groups in total. The number of benzene rings is 1. The maximum atomic E-state index is 12.4. The van der Waals surface area contributed by atoms with Crippen molar-refractivity contribution < 1.29 is 22.7 Å². The van der Waals surface area contributed by atoms with Gasteiger partial charge in [-0.1, -0.05) is 13.8 Å². The number of hydrogen-bond acceptors (Lipinski definition) is 6. The molecule has 1 aliphatic heterocycles. The van der Waals surface area contributed by atoms with E-state index in [-0.39, 0.29) is 16.9 Å². The van der Waals surface area contributed by atoms with Crippen LogP contribution < -0.4 is 14.8 Å². The van der Waals surface area contributed by atoms with Crippen molar-refractivity contribution in [2.24, 2.45) is 5.92 Å². The molecule has 2 atom stereocenters. The zero-order valence-electron chi connectivity index (χ0n) is 17.0. The third-order valence-corrected chi connectivity index (χ3v) is 6.00. The molecule has 0 saturated carbocycles. The smallest absolute Gasteiger partial charge is 0.241 e. The quantitative estimate of drug-likeness (QED) is 0.623. The molecular formula is C19H31N3O5S. The van der Waals surface area contributed by atoms with Crippen molar-refractivity contribution in [1.82, 2.24) is 14.9 Å². The van der Waals surface area contributed by atoms with Gasteiger partial charge in [0.25, 0.3) is 0 Å². The second-order valence-corrected chi connectivity index (χ2v) is 9.12. The maximum Gasteiger partial charge on any atom is 0.241 e. The van der Waals surface area contributed by atoms with Crippen LogP contribution in [0.25, 0.3) is 0 Å². The van der Waals surface area contributed by atoms with Crippen LogP contribution in [0.5, 0.6) is 5.75 Å². The minimum absolute atomic E-state index is 0.0768. The second-order valence-electron chi connectivity index (χ2n) is 7.41. The first-order valence-corrected chi connectivity index (χ1v) is 11.0. The summed E-state index contributed by atoms with van der Waals surface area (Å²) in [5, 5.41) is 2.78. The summed E-state index contributed by atoms with van der Waals surface area (Å²) in [5.41, 5.74) is 0. The van der Waals surface area contributed by atoms with Crippen LogP contribution in [0.1, 0.15) is 20.8 Å². The van der Waals surface area contributed by atoms with E-state index in [1.165, 1.54) is 26.2 Å². The number of ether oxygens (including phenoxy) is 2. The molecule has 1 aliphatic rings. The van der Waals surface area contributed by atoms with Crippen molar-refractivity contribution in [1.29, 1.82) is 0 Å². The topological polar surface area (TPSA) is 97.0 Å². The van der Waals surface area contributed by atoms with Crippen LogP contribution in [-0.2, 0) is 19.6 Å². The maximum absolute atomic E-state index is 12.4. The van der Waals surface area contributed by atoms with Crippen LogP contribution >= 0.6 is 0 Å². The fourth-order valence-electron chi connectivity index (χ4n) is 3.06. The van der Waals surface area contributed by atoms with Crippen LogP contribution in [0.3, 0.4) is 0 Å². The molecule has 158 valence electrons. The molecule has 2 rings (SSSR count). The second kappa shape index (κ2) is 10.2. The van der Waals surface area contributed by atoms with E-state index < -0.39 is 16.1 Å². The highest BCUT2D eigenvalue weighted by molar-refractivity contribution is 7.89. The van der Waals surface area contributed by atoms with Gasteiger partial charge >= 0.3 is 0 Å². The van der Waals surface area contributed by atoms with E-state index in [0.29, 0.717) is 24.8 Å². The zero-order valence-corrected chi connectivity index (χ0v) is 17.8. The Balaban J connectivity index is 1.84. The van der Waals surface area contributed by atoms with Gasteiger partial charge in [0.2, 0.25) is 15.9 Å². The Kier molecular flexibility index (Phi) is 8.23. The van der Waals surface area contributed by atoms with Crippen LogP contribution in [0.15, 0.2) is 29.2 Å². The monoisotopic (exact) mass is 413 g/mol. The van der Waals surface area contributed by atoms with Crippen LogP contribution in [0.2, 0.25) is 0 Å². The lowest BCUT2D eigenvalue weighted by atomic mass is 10.2. The molecule has 0 bridgehead atoms. The Bertz CT molecular complexity index is 736. The van der Waals surface area contributed by atoms with Gasteiger partial charge in [-0.2, -0.15) is 4.72 Å². The molecule has 9 heteroatoms. The molecule has 1 unspecified atom stereocenters. The van der Waals surface area contributed by atoms with E-state index >= 15 is 0 Å². The van der Waals surface area contributed by atoms with Gasteiger partial charge in [-0.3, -0.25) is 9.69 Å². The summed E-state index contributed by atoms with van der Waals surface area (Å²) in [4.78, 5) is 14.7. The van der Waals surface area contributed by atoms with E-state index in [2.05, 4.69) is 28.8 Å². The summed E-state index contributed by atoms with van der Waals surface area (Å²) >= 11 is 0. The number of carbonyl (C=O) groups excluding carboxylic acids is 1.